The Hall–Kier alpha value is -3.99. The van der Waals surface area contributed by atoms with Crippen molar-refractivity contribution >= 4 is 22.9 Å². The molecule has 3 N–H and O–H groups in total. The van der Waals surface area contributed by atoms with E-state index in [1.54, 1.807) is 24.3 Å². The molecule has 128 valence electrons. The average molecular weight is 345 g/mol. The molecule has 8 heteroatoms. The summed E-state index contributed by atoms with van der Waals surface area (Å²) in [5, 5.41) is 28.2. The highest BCUT2D eigenvalue weighted by atomic mass is 16.1. The van der Waals surface area contributed by atoms with Crippen molar-refractivity contribution in [1.82, 2.24) is 20.6 Å². The number of nitriles is 1. The summed E-state index contributed by atoms with van der Waals surface area (Å²) in [6, 6.07) is 16.5. The van der Waals surface area contributed by atoms with Crippen molar-refractivity contribution in [2.24, 2.45) is 0 Å². The molecule has 0 saturated heterocycles. The fourth-order valence-electron chi connectivity index (χ4n) is 2.25. The van der Waals surface area contributed by atoms with E-state index in [4.69, 9.17) is 5.26 Å². The molecule has 2 aromatic carbocycles. The van der Waals surface area contributed by atoms with Crippen LogP contribution in [0.25, 0.3) is 5.57 Å². The van der Waals surface area contributed by atoms with Crippen molar-refractivity contribution in [3.05, 3.63) is 71.7 Å². The van der Waals surface area contributed by atoms with E-state index in [2.05, 4.69) is 31.3 Å². The molecular formula is C18H15N7O. The number of nitrogens with zero attached hydrogens (tertiary/aromatic N) is 4. The van der Waals surface area contributed by atoms with Crippen LogP contribution < -0.4 is 10.6 Å². The van der Waals surface area contributed by atoms with Crippen LogP contribution in [0, 0.1) is 18.3 Å². The molecule has 0 aliphatic heterocycles. The monoisotopic (exact) mass is 345 g/mol. The van der Waals surface area contributed by atoms with Crippen LogP contribution in [-0.2, 0) is 0 Å². The first-order valence-corrected chi connectivity index (χ1v) is 7.74. The number of H-pyrrole nitrogens is 1. The summed E-state index contributed by atoms with van der Waals surface area (Å²) in [6.07, 6.45) is 1.48. The van der Waals surface area contributed by atoms with Crippen LogP contribution in [0.1, 0.15) is 21.7 Å². The summed E-state index contributed by atoms with van der Waals surface area (Å²) in [5.74, 6) is 0.00908. The van der Waals surface area contributed by atoms with Crippen LogP contribution in [0.5, 0.6) is 0 Å². The lowest BCUT2D eigenvalue weighted by molar-refractivity contribution is 0.102. The molecule has 1 aromatic heterocycles. The minimum atomic E-state index is -0.189. The van der Waals surface area contributed by atoms with Crippen molar-refractivity contribution in [3.8, 4) is 6.07 Å². The number of nitrogens with one attached hydrogen (secondary N) is 3. The lowest BCUT2D eigenvalue weighted by Crippen LogP contribution is -2.12. The first kappa shape index (κ1) is 16.9. The molecule has 0 bridgehead atoms. The maximum atomic E-state index is 12.3. The zero-order chi connectivity index (χ0) is 18.4. The number of aryl methyl sites for hydroxylation is 1. The topological polar surface area (TPSA) is 119 Å². The van der Waals surface area contributed by atoms with Crippen LogP contribution in [0.4, 0.5) is 11.4 Å². The molecule has 0 fully saturated rings. The molecule has 1 amide bonds. The lowest BCUT2D eigenvalue weighted by Gasteiger charge is -2.08. The molecule has 0 saturated carbocycles. The summed E-state index contributed by atoms with van der Waals surface area (Å²) in [6.45, 7) is 1.93. The molecule has 0 atom stereocenters. The summed E-state index contributed by atoms with van der Waals surface area (Å²) in [4.78, 5) is 12.3. The highest BCUT2D eigenvalue weighted by molar-refractivity contribution is 6.04. The van der Waals surface area contributed by atoms with E-state index >= 15 is 0 Å². The Morgan fingerprint density at radius 2 is 2.00 bits per heavy atom. The molecule has 0 aliphatic rings. The number of amides is 1. The predicted molar refractivity (Wildman–Crippen MR) is 97.0 cm³/mol. The van der Waals surface area contributed by atoms with Gasteiger partial charge in [0.15, 0.2) is 0 Å². The molecule has 1 heterocycles. The number of aromatic amines is 1. The molecule has 0 aliphatic carbocycles. The van der Waals surface area contributed by atoms with E-state index in [1.165, 1.54) is 6.20 Å². The third kappa shape index (κ3) is 4.10. The van der Waals surface area contributed by atoms with E-state index in [9.17, 15) is 4.79 Å². The smallest absolute Gasteiger partial charge is 0.255 e. The third-order valence-corrected chi connectivity index (χ3v) is 3.49. The predicted octanol–water partition coefficient (Wildman–Crippen LogP) is 2.74. The zero-order valence-electron chi connectivity index (χ0n) is 13.9. The number of hydrogen-bond acceptors (Lipinski definition) is 6. The van der Waals surface area contributed by atoms with Crippen molar-refractivity contribution < 1.29 is 4.79 Å². The molecule has 0 radical (unpaired) electrons. The molecule has 3 rings (SSSR count). The van der Waals surface area contributed by atoms with Gasteiger partial charge in [0.1, 0.15) is 11.6 Å². The van der Waals surface area contributed by atoms with Crippen LogP contribution in [0.15, 0.2) is 54.7 Å². The number of allylic oxidation sites excluding steroid dienone is 1. The molecule has 0 spiro atoms. The standard InChI is InChI=1S/C18H15N7O/c1-12-4-2-5-13(8-12)18(26)21-16-7-3-6-15(9-16)20-11-14(10-19)17-22-24-25-23-17/h2-9,11,20H,1H3,(H,21,26)(H,22,23,24,25). The number of carbonyl (C=O) groups is 1. The maximum Gasteiger partial charge on any atom is 0.255 e. The number of benzene rings is 2. The Bertz CT molecular complexity index is 987. The van der Waals surface area contributed by atoms with E-state index in [-0.39, 0.29) is 17.3 Å². The summed E-state index contributed by atoms with van der Waals surface area (Å²) >= 11 is 0. The second kappa shape index (κ2) is 7.72. The zero-order valence-corrected chi connectivity index (χ0v) is 13.9. The van der Waals surface area contributed by atoms with Crippen molar-refractivity contribution in [1.29, 1.82) is 5.26 Å². The Kier molecular flexibility index (Phi) is 5.00. The van der Waals surface area contributed by atoms with E-state index < -0.39 is 0 Å². The van der Waals surface area contributed by atoms with Crippen LogP contribution in [0.3, 0.4) is 0 Å². The van der Waals surface area contributed by atoms with Gasteiger partial charge in [-0.3, -0.25) is 4.79 Å². The lowest BCUT2D eigenvalue weighted by atomic mass is 10.1. The Morgan fingerprint density at radius 1 is 1.19 bits per heavy atom. The third-order valence-electron chi connectivity index (χ3n) is 3.49. The van der Waals surface area contributed by atoms with Gasteiger partial charge in [-0.05, 0) is 42.5 Å². The van der Waals surface area contributed by atoms with Gasteiger partial charge in [0.2, 0.25) is 5.82 Å². The highest BCUT2D eigenvalue weighted by Gasteiger charge is 2.07. The summed E-state index contributed by atoms with van der Waals surface area (Å²) < 4.78 is 0. The van der Waals surface area contributed by atoms with E-state index in [0.717, 1.165) is 5.56 Å². The first-order chi connectivity index (χ1) is 12.7. The van der Waals surface area contributed by atoms with Gasteiger partial charge < -0.3 is 10.6 Å². The van der Waals surface area contributed by atoms with Crippen LogP contribution >= 0.6 is 0 Å². The fourth-order valence-corrected chi connectivity index (χ4v) is 2.25. The van der Waals surface area contributed by atoms with Gasteiger partial charge >= 0.3 is 0 Å². The number of carbonyl (C=O) groups excluding carboxylic acids is 1. The normalized spacial score (nSPS) is 10.8. The number of rotatable bonds is 5. The molecule has 26 heavy (non-hydrogen) atoms. The van der Waals surface area contributed by atoms with Crippen LogP contribution in [0.2, 0.25) is 0 Å². The first-order valence-electron chi connectivity index (χ1n) is 7.74. The molecule has 8 nitrogen and oxygen atoms in total. The van der Waals surface area contributed by atoms with Gasteiger partial charge in [0.25, 0.3) is 5.91 Å². The number of anilines is 2. The number of hydrogen-bond donors (Lipinski definition) is 3. The second-order valence-electron chi connectivity index (χ2n) is 5.45. The quantitative estimate of drug-likeness (QED) is 0.612. The summed E-state index contributed by atoms with van der Waals surface area (Å²) in [5.41, 5.74) is 3.17. The largest absolute Gasteiger partial charge is 0.360 e. The highest BCUT2D eigenvalue weighted by Crippen LogP contribution is 2.17. The van der Waals surface area contributed by atoms with E-state index in [0.29, 0.717) is 16.9 Å². The maximum absolute atomic E-state index is 12.3. The van der Waals surface area contributed by atoms with Crippen molar-refractivity contribution in [2.75, 3.05) is 10.6 Å². The van der Waals surface area contributed by atoms with Gasteiger partial charge in [-0.2, -0.15) is 10.5 Å². The number of aromatic nitrogens is 4. The average Bonchev–Trinajstić information content (AvgIpc) is 3.17. The van der Waals surface area contributed by atoms with E-state index in [1.807, 2.05) is 37.3 Å². The molecular weight excluding hydrogens is 330 g/mol. The second-order valence-corrected chi connectivity index (χ2v) is 5.45. The fraction of sp³-hybridized carbons (Fsp3) is 0.0556. The Morgan fingerprint density at radius 3 is 2.73 bits per heavy atom. The number of tetrazole rings is 1. The minimum absolute atomic E-state index is 0.189. The molecule has 3 aromatic rings. The van der Waals surface area contributed by atoms with Gasteiger partial charge in [0, 0.05) is 23.1 Å². The molecule has 0 unspecified atom stereocenters. The van der Waals surface area contributed by atoms with Crippen LogP contribution in [-0.4, -0.2) is 26.5 Å². The Balaban J connectivity index is 1.72. The minimum Gasteiger partial charge on any atom is -0.360 e. The van der Waals surface area contributed by atoms with Crippen molar-refractivity contribution in [2.45, 2.75) is 6.92 Å². The van der Waals surface area contributed by atoms with Gasteiger partial charge in [-0.25, -0.2) is 0 Å². The van der Waals surface area contributed by atoms with Gasteiger partial charge in [-0.1, -0.05) is 23.8 Å². The van der Waals surface area contributed by atoms with Crippen molar-refractivity contribution in [3.63, 3.8) is 0 Å². The Labute approximate surface area is 149 Å². The SMILES string of the molecule is Cc1cccc(C(=O)Nc2cccc(NC=C(C#N)c3nn[nH]n3)c2)c1. The summed E-state index contributed by atoms with van der Waals surface area (Å²) in [7, 11) is 0. The van der Waals surface area contributed by atoms with Gasteiger partial charge in [-0.15, -0.1) is 10.2 Å². The van der Waals surface area contributed by atoms with Gasteiger partial charge in [0.05, 0.1) is 0 Å².